The van der Waals surface area contributed by atoms with Gasteiger partial charge in [-0.05, 0) is 29.7 Å². The number of carbonyl (C=O) groups is 1. The van der Waals surface area contributed by atoms with Crippen LogP contribution in [0.3, 0.4) is 0 Å². The van der Waals surface area contributed by atoms with Crippen LogP contribution in [0.4, 0.5) is 5.13 Å². The molecular weight excluding hydrogens is 460 g/mol. The molecule has 1 unspecified atom stereocenters. The zero-order valence-corrected chi connectivity index (χ0v) is 21.0. The van der Waals surface area contributed by atoms with Crippen LogP contribution in [0.1, 0.15) is 28.8 Å². The SMILES string of the molecule is COc1ccc(Cc2cnc(NC(=O)C(C)c3ccc(-c4ccccc4)cc3)s2)c(OC)c1OC. The van der Waals surface area contributed by atoms with Gasteiger partial charge in [0.1, 0.15) is 0 Å². The van der Waals surface area contributed by atoms with Gasteiger partial charge in [0.05, 0.1) is 27.2 Å². The van der Waals surface area contributed by atoms with E-state index in [1.807, 2.05) is 61.5 Å². The van der Waals surface area contributed by atoms with E-state index in [0.717, 1.165) is 27.1 Å². The van der Waals surface area contributed by atoms with Gasteiger partial charge in [-0.15, -0.1) is 11.3 Å². The van der Waals surface area contributed by atoms with Gasteiger partial charge < -0.3 is 19.5 Å². The Morgan fingerprint density at radius 3 is 2.23 bits per heavy atom. The number of benzene rings is 3. The van der Waals surface area contributed by atoms with Crippen LogP contribution < -0.4 is 19.5 Å². The van der Waals surface area contributed by atoms with Crippen molar-refractivity contribution in [3.63, 3.8) is 0 Å². The zero-order chi connectivity index (χ0) is 24.8. The standard InChI is InChI=1S/C28H28N2O4S/c1-18(19-10-12-21(13-11-19)20-8-6-5-7-9-20)27(31)30-28-29-17-23(35-28)16-22-14-15-24(32-2)26(34-4)25(22)33-3/h5-15,17-18H,16H2,1-4H3,(H,29,30,31). The molecule has 0 aliphatic heterocycles. The van der Waals surface area contributed by atoms with E-state index in [1.165, 1.54) is 11.3 Å². The fraction of sp³-hybridized carbons (Fsp3) is 0.214. The maximum absolute atomic E-state index is 12.9. The van der Waals surface area contributed by atoms with E-state index in [1.54, 1.807) is 27.5 Å². The van der Waals surface area contributed by atoms with Crippen molar-refractivity contribution in [2.45, 2.75) is 19.3 Å². The van der Waals surface area contributed by atoms with Crippen molar-refractivity contribution in [3.05, 3.63) is 88.9 Å². The van der Waals surface area contributed by atoms with Crippen LogP contribution in [-0.2, 0) is 11.2 Å². The van der Waals surface area contributed by atoms with E-state index in [2.05, 4.69) is 22.4 Å². The molecular formula is C28H28N2O4S. The van der Waals surface area contributed by atoms with Gasteiger partial charge in [-0.3, -0.25) is 4.79 Å². The molecule has 0 aliphatic rings. The maximum Gasteiger partial charge on any atom is 0.233 e. The lowest BCUT2D eigenvalue weighted by molar-refractivity contribution is -0.117. The van der Waals surface area contributed by atoms with E-state index in [9.17, 15) is 4.79 Å². The molecule has 0 aliphatic carbocycles. The lowest BCUT2D eigenvalue weighted by atomic mass is 9.97. The van der Waals surface area contributed by atoms with Crippen molar-refractivity contribution in [3.8, 4) is 28.4 Å². The molecule has 6 nitrogen and oxygen atoms in total. The number of rotatable bonds is 9. The maximum atomic E-state index is 12.9. The van der Waals surface area contributed by atoms with Crippen LogP contribution in [0.25, 0.3) is 11.1 Å². The molecule has 1 N–H and O–H groups in total. The number of hydrogen-bond acceptors (Lipinski definition) is 6. The van der Waals surface area contributed by atoms with Crippen molar-refractivity contribution in [1.82, 2.24) is 4.98 Å². The van der Waals surface area contributed by atoms with Crippen molar-refractivity contribution < 1.29 is 19.0 Å². The highest BCUT2D eigenvalue weighted by molar-refractivity contribution is 7.15. The minimum Gasteiger partial charge on any atom is -0.493 e. The van der Waals surface area contributed by atoms with Gasteiger partial charge in [-0.2, -0.15) is 0 Å². The van der Waals surface area contributed by atoms with Gasteiger partial charge in [0.15, 0.2) is 16.6 Å². The number of aromatic nitrogens is 1. The molecule has 4 aromatic rings. The number of carbonyl (C=O) groups excluding carboxylic acids is 1. The number of methoxy groups -OCH3 is 3. The lowest BCUT2D eigenvalue weighted by Gasteiger charge is -2.15. The summed E-state index contributed by atoms with van der Waals surface area (Å²) < 4.78 is 16.4. The Labute approximate surface area is 209 Å². The molecule has 0 radical (unpaired) electrons. The van der Waals surface area contributed by atoms with E-state index < -0.39 is 0 Å². The molecule has 0 fully saturated rings. The Hall–Kier alpha value is -3.84. The van der Waals surface area contributed by atoms with Crippen molar-refractivity contribution in [2.24, 2.45) is 0 Å². The number of ether oxygens (including phenoxy) is 3. The number of amides is 1. The zero-order valence-electron chi connectivity index (χ0n) is 20.2. The van der Waals surface area contributed by atoms with Crippen molar-refractivity contribution in [1.29, 1.82) is 0 Å². The van der Waals surface area contributed by atoms with Gasteiger partial charge in [-0.1, -0.05) is 60.7 Å². The highest BCUT2D eigenvalue weighted by atomic mass is 32.1. The van der Waals surface area contributed by atoms with Gasteiger partial charge in [0, 0.05) is 23.1 Å². The summed E-state index contributed by atoms with van der Waals surface area (Å²) in [5, 5.41) is 3.52. The Morgan fingerprint density at radius 2 is 1.57 bits per heavy atom. The minimum atomic E-state index is -0.307. The average molecular weight is 489 g/mol. The topological polar surface area (TPSA) is 69.7 Å². The molecule has 3 aromatic carbocycles. The molecule has 1 amide bonds. The van der Waals surface area contributed by atoms with Crippen LogP contribution in [0.5, 0.6) is 17.2 Å². The Morgan fingerprint density at radius 1 is 0.886 bits per heavy atom. The first-order valence-electron chi connectivity index (χ1n) is 11.2. The molecule has 35 heavy (non-hydrogen) atoms. The summed E-state index contributed by atoms with van der Waals surface area (Å²) in [5.74, 6) is 1.38. The van der Waals surface area contributed by atoms with E-state index >= 15 is 0 Å². The smallest absolute Gasteiger partial charge is 0.233 e. The predicted octanol–water partition coefficient (Wildman–Crippen LogP) is 6.17. The highest BCUT2D eigenvalue weighted by Gasteiger charge is 2.19. The van der Waals surface area contributed by atoms with Gasteiger partial charge in [0.25, 0.3) is 0 Å². The summed E-state index contributed by atoms with van der Waals surface area (Å²) in [6.45, 7) is 1.90. The molecule has 1 atom stereocenters. The number of nitrogens with one attached hydrogen (secondary N) is 1. The number of thiazole rings is 1. The summed E-state index contributed by atoms with van der Waals surface area (Å²) in [5.41, 5.74) is 4.17. The van der Waals surface area contributed by atoms with Gasteiger partial charge in [-0.25, -0.2) is 4.98 Å². The molecule has 180 valence electrons. The van der Waals surface area contributed by atoms with Crippen molar-refractivity contribution >= 4 is 22.4 Å². The Balaban J connectivity index is 1.43. The van der Waals surface area contributed by atoms with Crippen LogP contribution in [-0.4, -0.2) is 32.2 Å². The highest BCUT2D eigenvalue weighted by Crippen LogP contribution is 2.41. The Kier molecular flexibility index (Phi) is 7.67. The lowest BCUT2D eigenvalue weighted by Crippen LogP contribution is -2.18. The van der Waals surface area contributed by atoms with E-state index in [4.69, 9.17) is 14.2 Å². The summed E-state index contributed by atoms with van der Waals surface area (Å²) >= 11 is 1.44. The minimum absolute atomic E-state index is 0.0953. The summed E-state index contributed by atoms with van der Waals surface area (Å²) in [7, 11) is 4.78. The molecule has 0 spiro atoms. The summed E-state index contributed by atoms with van der Waals surface area (Å²) in [6, 6.07) is 22.1. The molecule has 7 heteroatoms. The second kappa shape index (κ2) is 11.1. The monoisotopic (exact) mass is 488 g/mol. The third-order valence-corrected chi connectivity index (χ3v) is 6.76. The molecule has 0 saturated heterocycles. The van der Waals surface area contributed by atoms with Gasteiger partial charge in [0.2, 0.25) is 11.7 Å². The fourth-order valence-electron chi connectivity index (χ4n) is 3.90. The molecule has 1 heterocycles. The van der Waals surface area contributed by atoms with Crippen LogP contribution in [0.2, 0.25) is 0 Å². The second-order valence-corrected chi connectivity index (χ2v) is 9.12. The van der Waals surface area contributed by atoms with Crippen LogP contribution in [0, 0.1) is 0 Å². The summed E-state index contributed by atoms with van der Waals surface area (Å²) in [6.07, 6.45) is 2.36. The van der Waals surface area contributed by atoms with E-state index in [0.29, 0.717) is 28.8 Å². The number of anilines is 1. The molecule has 4 rings (SSSR count). The molecule has 0 bridgehead atoms. The molecule has 1 aromatic heterocycles. The third-order valence-electron chi connectivity index (χ3n) is 5.85. The van der Waals surface area contributed by atoms with Crippen LogP contribution >= 0.6 is 11.3 Å². The first-order valence-corrected chi connectivity index (χ1v) is 12.0. The molecule has 0 saturated carbocycles. The fourth-order valence-corrected chi connectivity index (χ4v) is 4.74. The van der Waals surface area contributed by atoms with Crippen molar-refractivity contribution in [2.75, 3.05) is 26.6 Å². The van der Waals surface area contributed by atoms with E-state index in [-0.39, 0.29) is 11.8 Å². The normalized spacial score (nSPS) is 11.5. The predicted molar refractivity (Wildman–Crippen MR) is 140 cm³/mol. The number of nitrogens with zero attached hydrogens (tertiary/aromatic N) is 1. The third kappa shape index (κ3) is 5.46. The largest absolute Gasteiger partial charge is 0.493 e. The summed E-state index contributed by atoms with van der Waals surface area (Å²) in [4.78, 5) is 18.3. The first kappa shape index (κ1) is 24.3. The Bertz CT molecular complexity index is 1290. The quantitative estimate of drug-likeness (QED) is 0.305. The van der Waals surface area contributed by atoms with Gasteiger partial charge >= 0.3 is 0 Å². The van der Waals surface area contributed by atoms with Crippen LogP contribution in [0.15, 0.2) is 72.9 Å². The average Bonchev–Trinajstić information content (AvgIpc) is 3.34. The first-order chi connectivity index (χ1) is 17.0. The number of hydrogen-bond donors (Lipinski definition) is 1. The second-order valence-electron chi connectivity index (χ2n) is 8.00.